The maximum Gasteiger partial charge on any atom is 0.193 e. The van der Waals surface area contributed by atoms with E-state index in [4.69, 9.17) is 9.47 Å². The Morgan fingerprint density at radius 1 is 1.29 bits per heavy atom. The minimum absolute atomic E-state index is 0.116. The summed E-state index contributed by atoms with van der Waals surface area (Å²) < 4.78 is 11.1. The van der Waals surface area contributed by atoms with Crippen molar-refractivity contribution in [3.05, 3.63) is 0 Å². The van der Waals surface area contributed by atoms with Gasteiger partial charge in [-0.3, -0.25) is 9.89 Å². The van der Waals surface area contributed by atoms with Gasteiger partial charge >= 0.3 is 0 Å². The van der Waals surface area contributed by atoms with Gasteiger partial charge in [0.15, 0.2) is 5.96 Å². The number of morpholine rings is 1. The number of methoxy groups -OCH3 is 1. The summed E-state index contributed by atoms with van der Waals surface area (Å²) in [5, 5.41) is 3.51. The van der Waals surface area contributed by atoms with E-state index in [1.54, 1.807) is 7.11 Å². The van der Waals surface area contributed by atoms with Crippen molar-refractivity contribution in [2.75, 3.05) is 66.6 Å². The lowest BCUT2D eigenvalue weighted by Gasteiger charge is -2.31. The predicted molar refractivity (Wildman–Crippen MR) is 98.6 cm³/mol. The average molecular weight is 341 g/mol. The van der Waals surface area contributed by atoms with E-state index in [1.165, 1.54) is 13.0 Å². The highest BCUT2D eigenvalue weighted by molar-refractivity contribution is 5.80. The van der Waals surface area contributed by atoms with Gasteiger partial charge in [-0.25, -0.2) is 0 Å². The second kappa shape index (κ2) is 9.02. The minimum atomic E-state index is 0.116. The molecule has 2 aliphatic rings. The fraction of sp³-hybridized carbons (Fsp3) is 0.944. The van der Waals surface area contributed by atoms with Crippen molar-refractivity contribution in [3.63, 3.8) is 0 Å². The molecule has 2 rings (SSSR count). The summed E-state index contributed by atoms with van der Waals surface area (Å²) in [7, 11) is 3.66. The van der Waals surface area contributed by atoms with Gasteiger partial charge in [-0.05, 0) is 17.8 Å². The van der Waals surface area contributed by atoms with E-state index in [0.717, 1.165) is 57.8 Å². The molecule has 2 unspecified atom stereocenters. The zero-order valence-corrected chi connectivity index (χ0v) is 16.2. The second-order valence-corrected chi connectivity index (χ2v) is 8.03. The summed E-state index contributed by atoms with van der Waals surface area (Å²) in [6.07, 6.45) is 1.41. The third-order valence-corrected chi connectivity index (χ3v) is 5.11. The minimum Gasteiger partial charge on any atom is -0.379 e. The number of nitrogens with zero attached hydrogens (tertiary/aromatic N) is 3. The number of nitrogens with one attached hydrogen (secondary N) is 1. The molecular formula is C18H36N4O2. The highest BCUT2D eigenvalue weighted by atomic mass is 16.5. The number of ether oxygens (including phenoxy) is 2. The topological polar surface area (TPSA) is 49.3 Å². The highest BCUT2D eigenvalue weighted by Crippen LogP contribution is 2.22. The van der Waals surface area contributed by atoms with Crippen molar-refractivity contribution >= 4 is 5.96 Å². The van der Waals surface area contributed by atoms with Gasteiger partial charge in [0.2, 0.25) is 0 Å². The zero-order valence-electron chi connectivity index (χ0n) is 16.2. The van der Waals surface area contributed by atoms with Gasteiger partial charge in [-0.15, -0.1) is 0 Å². The van der Waals surface area contributed by atoms with Gasteiger partial charge in [0.25, 0.3) is 0 Å². The van der Waals surface area contributed by atoms with Crippen LogP contribution in [0.4, 0.5) is 0 Å². The Morgan fingerprint density at radius 3 is 2.58 bits per heavy atom. The molecule has 0 saturated carbocycles. The molecule has 0 aliphatic carbocycles. The number of rotatable bonds is 5. The first-order chi connectivity index (χ1) is 11.4. The van der Waals surface area contributed by atoms with Gasteiger partial charge in [0.1, 0.15) is 0 Å². The molecule has 6 heteroatoms. The molecule has 2 saturated heterocycles. The monoisotopic (exact) mass is 340 g/mol. The van der Waals surface area contributed by atoms with Crippen LogP contribution in [0.5, 0.6) is 0 Å². The largest absolute Gasteiger partial charge is 0.379 e. The van der Waals surface area contributed by atoms with Crippen molar-refractivity contribution in [1.29, 1.82) is 0 Å². The Bertz CT molecular complexity index is 402. The predicted octanol–water partition coefficient (Wildman–Crippen LogP) is 1.28. The Balaban J connectivity index is 1.79. The van der Waals surface area contributed by atoms with Crippen LogP contribution in [0.25, 0.3) is 0 Å². The van der Waals surface area contributed by atoms with E-state index >= 15 is 0 Å². The van der Waals surface area contributed by atoms with E-state index in [1.807, 2.05) is 7.05 Å². The van der Waals surface area contributed by atoms with Crippen LogP contribution in [0.3, 0.4) is 0 Å². The molecule has 6 nitrogen and oxygen atoms in total. The molecule has 0 amide bonds. The molecule has 0 aromatic rings. The van der Waals surface area contributed by atoms with Crippen molar-refractivity contribution in [2.45, 2.75) is 33.3 Å². The van der Waals surface area contributed by atoms with Crippen LogP contribution in [0, 0.1) is 11.3 Å². The molecule has 0 aromatic carbocycles. The number of guanidine groups is 1. The molecule has 0 radical (unpaired) electrons. The molecular weight excluding hydrogens is 304 g/mol. The third-order valence-electron chi connectivity index (χ3n) is 5.11. The van der Waals surface area contributed by atoms with Gasteiger partial charge in [0, 0.05) is 53.4 Å². The number of likely N-dealkylation sites (tertiary alicyclic amines) is 1. The lowest BCUT2D eigenvalue weighted by molar-refractivity contribution is 0.0201. The summed E-state index contributed by atoms with van der Waals surface area (Å²) in [6.45, 7) is 14.7. The van der Waals surface area contributed by atoms with Crippen LogP contribution < -0.4 is 5.32 Å². The van der Waals surface area contributed by atoms with Crippen molar-refractivity contribution in [1.82, 2.24) is 15.1 Å². The lowest BCUT2D eigenvalue weighted by atomic mass is 9.89. The molecule has 0 spiro atoms. The van der Waals surface area contributed by atoms with Crippen molar-refractivity contribution in [2.24, 2.45) is 16.3 Å². The van der Waals surface area contributed by atoms with Crippen LogP contribution in [-0.4, -0.2) is 88.5 Å². The van der Waals surface area contributed by atoms with Gasteiger partial charge in [-0.1, -0.05) is 20.8 Å². The standard InChI is InChI=1S/C18H36N4O2/c1-18(2,3)16(23-5)12-20-17(19-4)22-7-6-15(14-22)13-21-8-10-24-11-9-21/h15-16H,6-14H2,1-5H3,(H,19,20). The van der Waals surface area contributed by atoms with E-state index in [-0.39, 0.29) is 11.5 Å². The normalized spacial score (nSPS) is 25.1. The second-order valence-electron chi connectivity index (χ2n) is 8.03. The first kappa shape index (κ1) is 19.5. The zero-order chi connectivity index (χ0) is 17.6. The molecule has 140 valence electrons. The van der Waals surface area contributed by atoms with E-state index in [0.29, 0.717) is 0 Å². The van der Waals surface area contributed by atoms with Crippen LogP contribution in [-0.2, 0) is 9.47 Å². The Morgan fingerprint density at radius 2 is 2.00 bits per heavy atom. The Hall–Kier alpha value is -0.850. The maximum atomic E-state index is 5.64. The maximum absolute atomic E-state index is 5.64. The van der Waals surface area contributed by atoms with E-state index < -0.39 is 0 Å². The summed E-state index contributed by atoms with van der Waals surface area (Å²) >= 11 is 0. The van der Waals surface area contributed by atoms with E-state index in [9.17, 15) is 0 Å². The summed E-state index contributed by atoms with van der Waals surface area (Å²) in [6, 6.07) is 0. The number of hydrogen-bond acceptors (Lipinski definition) is 4. The smallest absolute Gasteiger partial charge is 0.193 e. The third kappa shape index (κ3) is 5.60. The fourth-order valence-electron chi connectivity index (χ4n) is 3.58. The molecule has 0 bridgehead atoms. The fourth-order valence-corrected chi connectivity index (χ4v) is 3.58. The van der Waals surface area contributed by atoms with Gasteiger partial charge < -0.3 is 19.7 Å². The molecule has 2 heterocycles. The average Bonchev–Trinajstić information content (AvgIpc) is 2.99. The van der Waals surface area contributed by atoms with Crippen LogP contribution >= 0.6 is 0 Å². The Labute approximate surface area is 147 Å². The number of hydrogen-bond donors (Lipinski definition) is 1. The summed E-state index contributed by atoms with van der Waals surface area (Å²) in [4.78, 5) is 9.41. The molecule has 2 aliphatic heterocycles. The van der Waals surface area contributed by atoms with Gasteiger partial charge in [-0.2, -0.15) is 0 Å². The molecule has 0 aromatic heterocycles. The van der Waals surface area contributed by atoms with E-state index in [2.05, 4.69) is 40.9 Å². The van der Waals surface area contributed by atoms with Crippen molar-refractivity contribution < 1.29 is 9.47 Å². The summed E-state index contributed by atoms with van der Waals surface area (Å²) in [5.74, 6) is 1.73. The van der Waals surface area contributed by atoms with Gasteiger partial charge in [0.05, 0.1) is 19.3 Å². The molecule has 2 fully saturated rings. The Kier molecular flexibility index (Phi) is 7.32. The SMILES string of the molecule is CN=C(NCC(OC)C(C)(C)C)N1CCC(CN2CCOCC2)C1. The van der Waals surface area contributed by atoms with Crippen LogP contribution in [0.2, 0.25) is 0 Å². The lowest BCUT2D eigenvalue weighted by Crippen LogP contribution is -2.47. The first-order valence-electron chi connectivity index (χ1n) is 9.22. The van der Waals surface area contributed by atoms with Crippen LogP contribution in [0.15, 0.2) is 4.99 Å². The molecule has 1 N–H and O–H groups in total. The number of aliphatic imine (C=N–C) groups is 1. The molecule has 2 atom stereocenters. The highest BCUT2D eigenvalue weighted by Gasteiger charge is 2.29. The molecule has 24 heavy (non-hydrogen) atoms. The quantitative estimate of drug-likeness (QED) is 0.603. The first-order valence-corrected chi connectivity index (χ1v) is 9.22. The van der Waals surface area contributed by atoms with Crippen LogP contribution in [0.1, 0.15) is 27.2 Å². The summed E-state index contributed by atoms with van der Waals surface area (Å²) in [5.41, 5.74) is 0.116. The van der Waals surface area contributed by atoms with Crippen molar-refractivity contribution in [3.8, 4) is 0 Å².